The quantitative estimate of drug-likeness (QED) is 0.237. The molecule has 3 rings (SSSR count). The molecule has 0 unspecified atom stereocenters. The van der Waals surface area contributed by atoms with Crippen molar-refractivity contribution in [2.45, 2.75) is 122 Å². The van der Waals surface area contributed by atoms with Gasteiger partial charge in [0.25, 0.3) is 0 Å². The van der Waals surface area contributed by atoms with Crippen LogP contribution in [0, 0.1) is 11.8 Å². The van der Waals surface area contributed by atoms with Crippen molar-refractivity contribution in [3.8, 4) is 0 Å². The molecule has 6 atom stereocenters. The monoisotopic (exact) mass is 553 g/mol. The molecule has 1 aliphatic rings. The fraction of sp³-hybridized carbons (Fsp3) is 0.636. The molecule has 1 saturated carbocycles. The molecule has 1 aliphatic carbocycles. The fourth-order valence-corrected chi connectivity index (χ4v) is 5.72. The number of fused-ring (bicyclic) bond motifs is 1. The summed E-state index contributed by atoms with van der Waals surface area (Å²) in [6.07, 6.45) is 5.07. The van der Waals surface area contributed by atoms with Crippen LogP contribution in [0.2, 0.25) is 0 Å². The number of carbonyl (C=O) groups is 2. The molecule has 7 heteroatoms. The first-order chi connectivity index (χ1) is 19.1. The lowest BCUT2D eigenvalue weighted by molar-refractivity contribution is -0.132. The van der Waals surface area contributed by atoms with Gasteiger partial charge in [0.1, 0.15) is 12.1 Å². The number of aliphatic hydroxyl groups excluding tert-OH is 2. The Morgan fingerprint density at radius 2 is 1.57 bits per heavy atom. The van der Waals surface area contributed by atoms with Gasteiger partial charge in [0.15, 0.2) is 0 Å². The van der Waals surface area contributed by atoms with E-state index in [9.17, 15) is 19.8 Å². The van der Waals surface area contributed by atoms with Crippen molar-refractivity contribution in [3.05, 3.63) is 48.0 Å². The molecule has 222 valence electrons. The SMILES string of the molecule is CC[C@H](C)[C@H](NC(=O)[C@H](C)NC1CCCCC1)C(=O)N[C@@H](Cc1ccc2ccccc2c1)[C@@H](O)[C@@H](O)CC(C)C. The number of amides is 2. The molecule has 0 radical (unpaired) electrons. The molecule has 40 heavy (non-hydrogen) atoms. The van der Waals surface area contributed by atoms with E-state index in [0.29, 0.717) is 25.3 Å². The van der Waals surface area contributed by atoms with E-state index in [1.54, 1.807) is 0 Å². The van der Waals surface area contributed by atoms with Crippen molar-refractivity contribution < 1.29 is 19.8 Å². The molecule has 0 saturated heterocycles. The lowest BCUT2D eigenvalue weighted by Gasteiger charge is -2.32. The molecule has 0 spiro atoms. The van der Waals surface area contributed by atoms with E-state index in [-0.39, 0.29) is 23.7 Å². The Hall–Kier alpha value is -2.48. The van der Waals surface area contributed by atoms with Crippen molar-refractivity contribution >= 4 is 22.6 Å². The van der Waals surface area contributed by atoms with Crippen LogP contribution < -0.4 is 16.0 Å². The lowest BCUT2D eigenvalue weighted by atomic mass is 9.91. The van der Waals surface area contributed by atoms with Crippen molar-refractivity contribution in [3.63, 3.8) is 0 Å². The molecule has 5 N–H and O–H groups in total. The Morgan fingerprint density at radius 3 is 2.23 bits per heavy atom. The average molecular weight is 554 g/mol. The molecule has 2 aromatic carbocycles. The van der Waals surface area contributed by atoms with Crippen molar-refractivity contribution in [1.82, 2.24) is 16.0 Å². The van der Waals surface area contributed by atoms with Crippen molar-refractivity contribution in [2.24, 2.45) is 11.8 Å². The molecule has 0 bridgehead atoms. The number of aliphatic hydroxyl groups is 2. The van der Waals surface area contributed by atoms with Crippen molar-refractivity contribution in [2.75, 3.05) is 0 Å². The van der Waals surface area contributed by atoms with Gasteiger partial charge in [-0.05, 0) is 60.8 Å². The van der Waals surface area contributed by atoms with E-state index >= 15 is 0 Å². The normalized spacial score (nSPS) is 19.0. The van der Waals surface area contributed by atoms with Gasteiger partial charge in [0.2, 0.25) is 11.8 Å². The Bertz CT molecular complexity index is 1080. The van der Waals surface area contributed by atoms with Gasteiger partial charge in [-0.3, -0.25) is 9.59 Å². The van der Waals surface area contributed by atoms with Gasteiger partial charge in [-0.15, -0.1) is 0 Å². The van der Waals surface area contributed by atoms with Crippen LogP contribution >= 0.6 is 0 Å². The second-order valence-electron chi connectivity index (χ2n) is 12.3. The van der Waals surface area contributed by atoms with Crippen LogP contribution in [0.3, 0.4) is 0 Å². The highest BCUT2D eigenvalue weighted by Gasteiger charge is 2.34. The molecule has 0 aliphatic heterocycles. The first kappa shape index (κ1) is 32.0. The zero-order valence-electron chi connectivity index (χ0n) is 25.0. The molecule has 0 aromatic heterocycles. The number of benzene rings is 2. The van der Waals surface area contributed by atoms with Gasteiger partial charge in [0.05, 0.1) is 18.2 Å². The number of hydrogen-bond donors (Lipinski definition) is 5. The molecule has 2 amide bonds. The maximum Gasteiger partial charge on any atom is 0.243 e. The summed E-state index contributed by atoms with van der Waals surface area (Å²) in [5.41, 5.74) is 0.953. The van der Waals surface area contributed by atoms with E-state index in [0.717, 1.165) is 29.2 Å². The largest absolute Gasteiger partial charge is 0.390 e. The third-order valence-electron chi connectivity index (χ3n) is 8.39. The molecular weight excluding hydrogens is 502 g/mol. The van der Waals surface area contributed by atoms with Gasteiger partial charge >= 0.3 is 0 Å². The lowest BCUT2D eigenvalue weighted by Crippen LogP contribution is -2.59. The standard InChI is InChI=1S/C33H51N3O4/c1-6-22(4)30(36-32(39)23(5)34-27-14-8-7-9-15-27)33(40)35-28(31(38)29(37)18-21(2)3)20-24-16-17-25-12-10-11-13-26(25)19-24/h10-13,16-17,19,21-23,27-31,34,37-38H,6-9,14-15,18,20H2,1-5H3,(H,35,40)(H,36,39)/t22-,23-,28-,29-,30-,31+/m0/s1. The summed E-state index contributed by atoms with van der Waals surface area (Å²) in [6.45, 7) is 9.78. The maximum absolute atomic E-state index is 13.7. The van der Waals surface area contributed by atoms with Gasteiger partial charge in [-0.2, -0.15) is 0 Å². The Balaban J connectivity index is 1.76. The van der Waals surface area contributed by atoms with Crippen molar-refractivity contribution in [1.29, 1.82) is 0 Å². The van der Waals surface area contributed by atoms with Crippen LogP contribution in [0.15, 0.2) is 42.5 Å². The highest BCUT2D eigenvalue weighted by atomic mass is 16.3. The Morgan fingerprint density at radius 1 is 0.900 bits per heavy atom. The number of carbonyl (C=O) groups excluding carboxylic acids is 2. The van der Waals surface area contributed by atoms with Crippen LogP contribution in [0.5, 0.6) is 0 Å². The molecule has 7 nitrogen and oxygen atoms in total. The van der Waals surface area contributed by atoms with Crippen LogP contribution in [0.25, 0.3) is 10.8 Å². The summed E-state index contributed by atoms with van der Waals surface area (Å²) in [4.78, 5) is 26.9. The number of hydrogen-bond acceptors (Lipinski definition) is 5. The summed E-state index contributed by atoms with van der Waals surface area (Å²) < 4.78 is 0. The third-order valence-corrected chi connectivity index (χ3v) is 8.39. The minimum atomic E-state index is -1.15. The van der Waals surface area contributed by atoms with Gasteiger partial charge in [-0.25, -0.2) is 0 Å². The molecule has 0 heterocycles. The zero-order chi connectivity index (χ0) is 29.2. The number of nitrogens with one attached hydrogen (secondary N) is 3. The zero-order valence-corrected chi connectivity index (χ0v) is 25.0. The highest BCUT2D eigenvalue weighted by molar-refractivity contribution is 5.90. The smallest absolute Gasteiger partial charge is 0.243 e. The predicted molar refractivity (Wildman–Crippen MR) is 162 cm³/mol. The average Bonchev–Trinajstić information content (AvgIpc) is 2.94. The summed E-state index contributed by atoms with van der Waals surface area (Å²) in [6, 6.07) is 12.6. The van der Waals surface area contributed by atoms with Gasteiger partial charge < -0.3 is 26.2 Å². The number of rotatable bonds is 14. The second kappa shape index (κ2) is 15.5. The van der Waals surface area contributed by atoms with Gasteiger partial charge in [-0.1, -0.05) is 95.8 Å². The first-order valence-corrected chi connectivity index (χ1v) is 15.3. The molecular formula is C33H51N3O4. The summed E-state index contributed by atoms with van der Waals surface area (Å²) >= 11 is 0. The van der Waals surface area contributed by atoms with E-state index in [1.165, 1.54) is 19.3 Å². The second-order valence-corrected chi connectivity index (χ2v) is 12.3. The van der Waals surface area contributed by atoms with E-state index in [4.69, 9.17) is 0 Å². The van der Waals surface area contributed by atoms with Crippen LogP contribution in [-0.4, -0.2) is 58.4 Å². The molecule has 2 aromatic rings. The Kier molecular flexibility index (Phi) is 12.4. The van der Waals surface area contributed by atoms with Crippen LogP contribution in [0.4, 0.5) is 0 Å². The van der Waals surface area contributed by atoms with E-state index in [2.05, 4.69) is 22.0 Å². The topological polar surface area (TPSA) is 111 Å². The fourth-order valence-electron chi connectivity index (χ4n) is 5.72. The first-order valence-electron chi connectivity index (χ1n) is 15.3. The predicted octanol–water partition coefficient (Wildman–Crippen LogP) is 4.48. The van der Waals surface area contributed by atoms with E-state index < -0.39 is 30.3 Å². The van der Waals surface area contributed by atoms with Crippen LogP contribution in [0.1, 0.15) is 85.1 Å². The summed E-state index contributed by atoms with van der Waals surface area (Å²) in [5, 5.41) is 33.7. The summed E-state index contributed by atoms with van der Waals surface area (Å²) in [7, 11) is 0. The minimum Gasteiger partial charge on any atom is -0.390 e. The van der Waals surface area contributed by atoms with Gasteiger partial charge in [0, 0.05) is 6.04 Å². The highest BCUT2D eigenvalue weighted by Crippen LogP contribution is 2.21. The molecule has 1 fully saturated rings. The summed E-state index contributed by atoms with van der Waals surface area (Å²) in [5.74, 6) is -0.455. The van der Waals surface area contributed by atoms with E-state index in [1.807, 2.05) is 71.0 Å². The maximum atomic E-state index is 13.7. The minimum absolute atomic E-state index is 0.107. The Labute approximate surface area is 240 Å². The van der Waals surface area contributed by atoms with Crippen LogP contribution in [-0.2, 0) is 16.0 Å². The third kappa shape index (κ3) is 9.28.